The zero-order valence-corrected chi connectivity index (χ0v) is 12.9. The van der Waals surface area contributed by atoms with Crippen LogP contribution in [-0.4, -0.2) is 28.5 Å². The number of carboxylic acids is 1. The van der Waals surface area contributed by atoms with E-state index in [1.165, 1.54) is 25.1 Å². The maximum Gasteiger partial charge on any atom is 0.311 e. The number of hydrogen-bond donors (Lipinski definition) is 2. The van der Waals surface area contributed by atoms with E-state index in [-0.39, 0.29) is 23.4 Å². The fourth-order valence-corrected chi connectivity index (χ4v) is 2.29. The van der Waals surface area contributed by atoms with Gasteiger partial charge < -0.3 is 10.4 Å². The third kappa shape index (κ3) is 3.41. The summed E-state index contributed by atoms with van der Waals surface area (Å²) in [5.74, 6) is -1.47. The van der Waals surface area contributed by atoms with Crippen molar-refractivity contribution < 1.29 is 19.6 Å². The number of nitrogens with zero attached hydrogens (tertiary/aromatic N) is 1. The Labute approximate surface area is 128 Å². The molecule has 120 valence electrons. The molecule has 1 aromatic carbocycles. The largest absolute Gasteiger partial charge is 0.481 e. The van der Waals surface area contributed by atoms with Crippen molar-refractivity contribution in [1.29, 1.82) is 0 Å². The Kier molecular flexibility index (Phi) is 5.62. The van der Waals surface area contributed by atoms with Crippen molar-refractivity contribution in [1.82, 2.24) is 5.32 Å². The van der Waals surface area contributed by atoms with Gasteiger partial charge in [-0.05, 0) is 25.8 Å². The number of rotatable bonds is 7. The lowest BCUT2D eigenvalue weighted by atomic mass is 9.82. The number of hydrogen-bond acceptors (Lipinski definition) is 4. The number of carbonyl (C=O) groups is 2. The molecule has 0 unspecified atom stereocenters. The first-order valence-corrected chi connectivity index (χ1v) is 7.04. The van der Waals surface area contributed by atoms with Crippen molar-refractivity contribution in [3.8, 4) is 0 Å². The van der Waals surface area contributed by atoms with E-state index in [0.717, 1.165) is 0 Å². The topological polar surface area (TPSA) is 110 Å². The van der Waals surface area contributed by atoms with E-state index in [4.69, 9.17) is 0 Å². The summed E-state index contributed by atoms with van der Waals surface area (Å²) < 4.78 is 0. The maximum absolute atomic E-state index is 12.2. The van der Waals surface area contributed by atoms with Gasteiger partial charge in [-0.25, -0.2) is 0 Å². The summed E-state index contributed by atoms with van der Waals surface area (Å²) in [7, 11) is 0. The van der Waals surface area contributed by atoms with Gasteiger partial charge in [0.25, 0.3) is 11.6 Å². The minimum Gasteiger partial charge on any atom is -0.481 e. The molecule has 7 heteroatoms. The Morgan fingerprint density at radius 1 is 1.32 bits per heavy atom. The SMILES string of the molecule is CCC(CC)(CNC(=O)c1cccc([N+](=O)[O-])c1C)C(=O)O. The maximum atomic E-state index is 12.2. The first kappa shape index (κ1) is 17.6. The van der Waals surface area contributed by atoms with Gasteiger partial charge in [0.2, 0.25) is 0 Å². The molecule has 1 amide bonds. The highest BCUT2D eigenvalue weighted by Gasteiger charge is 2.35. The lowest BCUT2D eigenvalue weighted by Gasteiger charge is -2.26. The summed E-state index contributed by atoms with van der Waals surface area (Å²) in [5, 5.41) is 22.8. The number of benzene rings is 1. The van der Waals surface area contributed by atoms with Crippen LogP contribution in [0.3, 0.4) is 0 Å². The highest BCUT2D eigenvalue weighted by molar-refractivity contribution is 5.96. The molecule has 0 bridgehead atoms. The smallest absolute Gasteiger partial charge is 0.311 e. The molecule has 0 radical (unpaired) electrons. The minimum atomic E-state index is -1.02. The summed E-state index contributed by atoms with van der Waals surface area (Å²) in [6, 6.07) is 4.24. The van der Waals surface area contributed by atoms with Gasteiger partial charge in [0.15, 0.2) is 0 Å². The molecule has 1 rings (SSSR count). The molecule has 0 aliphatic rings. The monoisotopic (exact) mass is 308 g/mol. The van der Waals surface area contributed by atoms with Crippen LogP contribution in [0, 0.1) is 22.5 Å². The summed E-state index contributed by atoms with van der Waals surface area (Å²) >= 11 is 0. The number of amides is 1. The van der Waals surface area contributed by atoms with Gasteiger partial charge in [0, 0.05) is 23.7 Å². The first-order chi connectivity index (χ1) is 10.3. The normalized spacial score (nSPS) is 11.0. The number of aliphatic carboxylic acids is 1. The zero-order chi connectivity index (χ0) is 16.9. The Bertz CT molecular complexity index is 594. The van der Waals surface area contributed by atoms with Crippen LogP contribution in [0.2, 0.25) is 0 Å². The number of nitro benzene ring substituents is 1. The average molecular weight is 308 g/mol. The standard InChI is InChI=1S/C15H20N2O5/c1-4-15(5-2,14(19)20)9-16-13(18)11-7-6-8-12(10(11)3)17(21)22/h6-8H,4-5,9H2,1-3H3,(H,16,18)(H,19,20). The molecule has 0 saturated heterocycles. The Morgan fingerprint density at radius 3 is 2.36 bits per heavy atom. The van der Waals surface area contributed by atoms with Crippen molar-refractivity contribution in [2.75, 3.05) is 6.54 Å². The Hall–Kier alpha value is -2.44. The molecule has 22 heavy (non-hydrogen) atoms. The molecule has 0 aliphatic carbocycles. The van der Waals surface area contributed by atoms with Crippen molar-refractivity contribution in [2.24, 2.45) is 5.41 Å². The Morgan fingerprint density at radius 2 is 1.91 bits per heavy atom. The number of carbonyl (C=O) groups excluding carboxylic acids is 1. The van der Waals surface area contributed by atoms with Crippen LogP contribution in [-0.2, 0) is 4.79 Å². The second-order valence-electron chi connectivity index (χ2n) is 5.18. The molecule has 7 nitrogen and oxygen atoms in total. The lowest BCUT2D eigenvalue weighted by Crippen LogP contribution is -2.42. The fourth-order valence-electron chi connectivity index (χ4n) is 2.29. The highest BCUT2D eigenvalue weighted by Crippen LogP contribution is 2.26. The van der Waals surface area contributed by atoms with E-state index in [0.29, 0.717) is 12.8 Å². The Balaban J connectivity index is 2.97. The predicted octanol–water partition coefficient (Wildman–Crippen LogP) is 2.52. The summed E-state index contributed by atoms with van der Waals surface area (Å²) in [6.45, 7) is 4.98. The van der Waals surface area contributed by atoms with Crippen molar-refractivity contribution in [2.45, 2.75) is 33.6 Å². The van der Waals surface area contributed by atoms with Gasteiger partial charge in [-0.2, -0.15) is 0 Å². The van der Waals surface area contributed by atoms with Crippen LogP contribution in [0.1, 0.15) is 42.6 Å². The summed E-state index contributed by atoms with van der Waals surface area (Å²) in [5.41, 5.74) is -0.715. The van der Waals surface area contributed by atoms with Gasteiger partial charge >= 0.3 is 5.97 Å². The fraction of sp³-hybridized carbons (Fsp3) is 0.467. The van der Waals surface area contributed by atoms with Gasteiger partial charge in [0.1, 0.15) is 0 Å². The van der Waals surface area contributed by atoms with Crippen LogP contribution in [0.15, 0.2) is 18.2 Å². The zero-order valence-electron chi connectivity index (χ0n) is 12.9. The molecule has 0 aromatic heterocycles. The molecule has 0 saturated carbocycles. The molecule has 1 aromatic rings. The van der Waals surface area contributed by atoms with Crippen LogP contribution >= 0.6 is 0 Å². The van der Waals surface area contributed by atoms with Crippen molar-refractivity contribution in [3.05, 3.63) is 39.4 Å². The average Bonchev–Trinajstić information content (AvgIpc) is 2.48. The molecule has 0 atom stereocenters. The van der Waals surface area contributed by atoms with E-state index < -0.39 is 22.2 Å². The number of carboxylic acid groups (broad SMARTS) is 1. The molecule has 0 spiro atoms. The lowest BCUT2D eigenvalue weighted by molar-refractivity contribution is -0.385. The molecule has 0 heterocycles. The van der Waals surface area contributed by atoms with E-state index in [1.54, 1.807) is 13.8 Å². The molecule has 2 N–H and O–H groups in total. The van der Waals surface area contributed by atoms with E-state index in [1.807, 2.05) is 0 Å². The molecular weight excluding hydrogens is 288 g/mol. The van der Waals surface area contributed by atoms with Crippen LogP contribution in [0.25, 0.3) is 0 Å². The van der Waals surface area contributed by atoms with Crippen molar-refractivity contribution >= 4 is 17.6 Å². The predicted molar refractivity (Wildman–Crippen MR) is 80.8 cm³/mol. The second-order valence-corrected chi connectivity index (χ2v) is 5.18. The second kappa shape index (κ2) is 7.02. The molecular formula is C15H20N2O5. The molecule has 0 fully saturated rings. The number of nitrogens with one attached hydrogen (secondary N) is 1. The van der Waals surface area contributed by atoms with Gasteiger partial charge in [-0.1, -0.05) is 19.9 Å². The van der Waals surface area contributed by atoms with Gasteiger partial charge in [0.05, 0.1) is 10.3 Å². The quantitative estimate of drug-likeness (QED) is 0.594. The summed E-state index contributed by atoms with van der Waals surface area (Å²) in [6.07, 6.45) is 0.764. The third-order valence-corrected chi connectivity index (χ3v) is 4.14. The third-order valence-electron chi connectivity index (χ3n) is 4.14. The van der Waals surface area contributed by atoms with Crippen LogP contribution in [0.4, 0.5) is 5.69 Å². The number of nitro groups is 1. The van der Waals surface area contributed by atoms with E-state index in [9.17, 15) is 24.8 Å². The van der Waals surface area contributed by atoms with Crippen molar-refractivity contribution in [3.63, 3.8) is 0 Å². The van der Waals surface area contributed by atoms with E-state index in [2.05, 4.69) is 5.32 Å². The molecule has 0 aliphatic heterocycles. The van der Waals surface area contributed by atoms with Gasteiger partial charge in [-0.15, -0.1) is 0 Å². The van der Waals surface area contributed by atoms with E-state index >= 15 is 0 Å². The van der Waals surface area contributed by atoms with Crippen LogP contribution < -0.4 is 5.32 Å². The highest BCUT2D eigenvalue weighted by atomic mass is 16.6. The first-order valence-electron chi connectivity index (χ1n) is 7.04. The van der Waals surface area contributed by atoms with Crippen LogP contribution in [0.5, 0.6) is 0 Å². The van der Waals surface area contributed by atoms with Gasteiger partial charge in [-0.3, -0.25) is 19.7 Å². The minimum absolute atomic E-state index is 0.0176. The summed E-state index contributed by atoms with van der Waals surface area (Å²) in [4.78, 5) is 34.0.